The molecule has 0 unspecified atom stereocenters. The first kappa shape index (κ1) is 12.4. The zero-order valence-electron chi connectivity index (χ0n) is 8.70. The second kappa shape index (κ2) is 6.76. The molecule has 0 bridgehead atoms. The van der Waals surface area contributed by atoms with Crippen LogP contribution < -0.4 is 10.9 Å². The monoisotopic (exact) mass is 241 g/mol. The topological polar surface area (TPSA) is 82.4 Å². The number of nitrogens with zero attached hydrogens (tertiary/aromatic N) is 2. The highest BCUT2D eigenvalue weighted by atomic mass is 35.5. The number of hydrogen-bond acceptors (Lipinski definition) is 4. The van der Waals surface area contributed by atoms with Crippen LogP contribution in [-0.4, -0.2) is 23.8 Å². The molecule has 0 saturated heterocycles. The van der Waals surface area contributed by atoms with Crippen molar-refractivity contribution < 1.29 is 4.84 Å². The van der Waals surface area contributed by atoms with Gasteiger partial charge < -0.3 is 0 Å². The van der Waals surface area contributed by atoms with Crippen molar-refractivity contribution in [3.05, 3.63) is 29.0 Å². The number of halogens is 1. The minimum absolute atomic E-state index is 0.0525. The highest BCUT2D eigenvalue weighted by Crippen LogP contribution is 2.10. The molecule has 0 aliphatic rings. The number of nitrogens with one attached hydrogen (secondary N) is 3. The predicted octanol–water partition coefficient (Wildman–Crippen LogP) is 1.13. The zero-order valence-corrected chi connectivity index (χ0v) is 9.45. The van der Waals surface area contributed by atoms with Crippen LogP contribution in [0.4, 0.5) is 0 Å². The lowest BCUT2D eigenvalue weighted by Gasteiger charge is -2.04. The third kappa shape index (κ3) is 4.24. The number of hydrogen-bond donors (Lipinski definition) is 3. The standard InChI is InChI=1S/C9H12ClN5O/c1-2-16-15-9(11)14-13-5-7-3-4-12-6-8(7)10/h3-6H,2H2,1H3,(H3,11,14,15). The van der Waals surface area contributed by atoms with Crippen LogP contribution in [0.25, 0.3) is 0 Å². The molecule has 0 aliphatic carbocycles. The summed E-state index contributed by atoms with van der Waals surface area (Å²) in [7, 11) is 0. The third-order valence-corrected chi connectivity index (χ3v) is 1.82. The first-order valence-corrected chi connectivity index (χ1v) is 4.96. The van der Waals surface area contributed by atoms with E-state index in [0.29, 0.717) is 17.2 Å². The molecule has 0 spiro atoms. The van der Waals surface area contributed by atoms with Crippen LogP contribution in [0, 0.1) is 5.41 Å². The Kier molecular flexibility index (Phi) is 5.24. The molecule has 0 aromatic carbocycles. The van der Waals surface area contributed by atoms with Crippen molar-refractivity contribution >= 4 is 23.8 Å². The van der Waals surface area contributed by atoms with Crippen molar-refractivity contribution in [2.45, 2.75) is 6.92 Å². The highest BCUT2D eigenvalue weighted by Gasteiger charge is 1.95. The van der Waals surface area contributed by atoms with Gasteiger partial charge in [0.15, 0.2) is 0 Å². The van der Waals surface area contributed by atoms with Gasteiger partial charge in [0, 0.05) is 18.0 Å². The van der Waals surface area contributed by atoms with Gasteiger partial charge >= 0.3 is 0 Å². The van der Waals surface area contributed by atoms with E-state index in [-0.39, 0.29) is 5.96 Å². The number of hydrazone groups is 1. The van der Waals surface area contributed by atoms with Gasteiger partial charge in [-0.3, -0.25) is 15.2 Å². The van der Waals surface area contributed by atoms with Crippen molar-refractivity contribution in [1.29, 1.82) is 5.41 Å². The molecule has 0 atom stereocenters. The molecule has 7 heteroatoms. The second-order valence-corrected chi connectivity index (χ2v) is 3.08. The van der Waals surface area contributed by atoms with E-state index in [2.05, 4.69) is 21.0 Å². The van der Waals surface area contributed by atoms with E-state index in [1.54, 1.807) is 19.2 Å². The Morgan fingerprint density at radius 1 is 1.75 bits per heavy atom. The summed E-state index contributed by atoms with van der Waals surface area (Å²) >= 11 is 5.85. The van der Waals surface area contributed by atoms with Crippen molar-refractivity contribution in [2.24, 2.45) is 5.10 Å². The van der Waals surface area contributed by atoms with Crippen LogP contribution in [-0.2, 0) is 4.84 Å². The van der Waals surface area contributed by atoms with Crippen molar-refractivity contribution in [2.75, 3.05) is 6.61 Å². The van der Waals surface area contributed by atoms with Gasteiger partial charge in [-0.05, 0) is 13.0 Å². The summed E-state index contributed by atoms with van der Waals surface area (Å²) in [6, 6.07) is 1.72. The Morgan fingerprint density at radius 3 is 3.25 bits per heavy atom. The molecule has 0 saturated carbocycles. The van der Waals surface area contributed by atoms with Gasteiger partial charge in [-0.15, -0.1) is 0 Å². The van der Waals surface area contributed by atoms with Gasteiger partial charge in [-0.1, -0.05) is 11.6 Å². The minimum atomic E-state index is -0.0525. The van der Waals surface area contributed by atoms with E-state index < -0.39 is 0 Å². The molecule has 0 fully saturated rings. The number of rotatable bonds is 4. The Balaban J connectivity index is 2.43. The molecule has 86 valence electrons. The van der Waals surface area contributed by atoms with Crippen molar-refractivity contribution in [3.8, 4) is 0 Å². The van der Waals surface area contributed by atoms with E-state index in [9.17, 15) is 0 Å². The van der Waals surface area contributed by atoms with E-state index in [1.165, 1.54) is 12.4 Å². The molecule has 16 heavy (non-hydrogen) atoms. The van der Waals surface area contributed by atoms with Crippen LogP contribution in [0.5, 0.6) is 0 Å². The van der Waals surface area contributed by atoms with Crippen LogP contribution in [0.2, 0.25) is 5.02 Å². The van der Waals surface area contributed by atoms with Crippen LogP contribution in [0.3, 0.4) is 0 Å². The number of hydroxylamine groups is 1. The molecule has 1 aromatic heterocycles. The fourth-order valence-corrected chi connectivity index (χ4v) is 0.992. The fourth-order valence-electron chi connectivity index (χ4n) is 0.824. The Hall–Kier alpha value is -1.66. The summed E-state index contributed by atoms with van der Waals surface area (Å²) in [5, 5.41) is 11.6. The summed E-state index contributed by atoms with van der Waals surface area (Å²) in [5.74, 6) is -0.0525. The van der Waals surface area contributed by atoms with Gasteiger partial charge in [0.25, 0.3) is 0 Å². The molecular weight excluding hydrogens is 230 g/mol. The van der Waals surface area contributed by atoms with Gasteiger partial charge in [-0.25, -0.2) is 10.9 Å². The minimum Gasteiger partial charge on any atom is -0.274 e. The number of guanidine groups is 1. The van der Waals surface area contributed by atoms with Crippen molar-refractivity contribution in [3.63, 3.8) is 0 Å². The zero-order chi connectivity index (χ0) is 11.8. The summed E-state index contributed by atoms with van der Waals surface area (Å²) in [6.07, 6.45) is 4.62. The second-order valence-electron chi connectivity index (χ2n) is 2.68. The molecule has 1 rings (SSSR count). The summed E-state index contributed by atoms with van der Waals surface area (Å²) < 4.78 is 0. The first-order chi connectivity index (χ1) is 7.74. The SMILES string of the molecule is CCONC(=N)NN=Cc1ccncc1Cl. The summed E-state index contributed by atoms with van der Waals surface area (Å²) in [5.41, 5.74) is 5.49. The average Bonchev–Trinajstić information content (AvgIpc) is 2.29. The van der Waals surface area contributed by atoms with Crippen LogP contribution in [0.15, 0.2) is 23.6 Å². The fraction of sp³-hybridized carbons (Fsp3) is 0.222. The Bertz CT molecular complexity index is 382. The molecule has 1 aromatic rings. The molecular formula is C9H12ClN5O. The molecule has 3 N–H and O–H groups in total. The lowest BCUT2D eigenvalue weighted by Crippen LogP contribution is -2.33. The van der Waals surface area contributed by atoms with Gasteiger partial charge in [-0.2, -0.15) is 5.10 Å². The summed E-state index contributed by atoms with van der Waals surface area (Å²) in [6.45, 7) is 2.27. The normalized spacial score (nSPS) is 10.4. The molecule has 0 radical (unpaired) electrons. The Morgan fingerprint density at radius 2 is 2.56 bits per heavy atom. The number of aromatic nitrogens is 1. The quantitative estimate of drug-likeness (QED) is 0.419. The largest absolute Gasteiger partial charge is 0.274 e. The van der Waals surface area contributed by atoms with Crippen molar-refractivity contribution in [1.82, 2.24) is 15.9 Å². The smallest absolute Gasteiger partial charge is 0.233 e. The van der Waals surface area contributed by atoms with Crippen LogP contribution >= 0.6 is 11.6 Å². The lowest BCUT2D eigenvalue weighted by molar-refractivity contribution is 0.0936. The lowest BCUT2D eigenvalue weighted by atomic mass is 10.3. The molecule has 1 heterocycles. The van der Waals surface area contributed by atoms with E-state index in [0.717, 1.165) is 0 Å². The maximum atomic E-state index is 7.31. The van der Waals surface area contributed by atoms with E-state index >= 15 is 0 Å². The molecule has 6 nitrogen and oxygen atoms in total. The predicted molar refractivity (Wildman–Crippen MR) is 62.5 cm³/mol. The van der Waals surface area contributed by atoms with Gasteiger partial charge in [0.2, 0.25) is 5.96 Å². The van der Waals surface area contributed by atoms with E-state index in [4.69, 9.17) is 21.8 Å². The van der Waals surface area contributed by atoms with Crippen LogP contribution in [0.1, 0.15) is 12.5 Å². The molecule has 0 aliphatic heterocycles. The molecule has 0 amide bonds. The maximum Gasteiger partial charge on any atom is 0.233 e. The van der Waals surface area contributed by atoms with E-state index in [1.807, 2.05) is 0 Å². The highest BCUT2D eigenvalue weighted by molar-refractivity contribution is 6.32. The third-order valence-electron chi connectivity index (χ3n) is 1.50. The first-order valence-electron chi connectivity index (χ1n) is 4.59. The Labute approximate surface area is 98.1 Å². The summed E-state index contributed by atoms with van der Waals surface area (Å²) in [4.78, 5) is 8.61. The average molecular weight is 242 g/mol. The van der Waals surface area contributed by atoms with Gasteiger partial charge in [0.1, 0.15) is 0 Å². The maximum absolute atomic E-state index is 7.31. The van der Waals surface area contributed by atoms with Gasteiger partial charge in [0.05, 0.1) is 17.8 Å². The number of pyridine rings is 1.